The number of para-hydroxylation sites is 1. The lowest BCUT2D eigenvalue weighted by Gasteiger charge is -2.25. The summed E-state index contributed by atoms with van der Waals surface area (Å²) in [5, 5.41) is 10.9. The summed E-state index contributed by atoms with van der Waals surface area (Å²) in [6, 6.07) is 6.73. The van der Waals surface area contributed by atoms with Gasteiger partial charge >= 0.3 is 0 Å². The van der Waals surface area contributed by atoms with Crippen molar-refractivity contribution in [2.75, 3.05) is 19.6 Å². The van der Waals surface area contributed by atoms with Crippen molar-refractivity contribution >= 4 is 46.7 Å². The summed E-state index contributed by atoms with van der Waals surface area (Å²) in [6.45, 7) is 6.44. The molecular formula is C20H30IN5O. The number of carbonyl (C=O) groups is 1. The second kappa shape index (κ2) is 10.5. The van der Waals surface area contributed by atoms with Crippen LogP contribution in [0.15, 0.2) is 29.4 Å². The summed E-state index contributed by atoms with van der Waals surface area (Å²) in [4.78, 5) is 19.4. The van der Waals surface area contributed by atoms with Crippen molar-refractivity contribution in [1.29, 1.82) is 0 Å². The number of hydrogen-bond acceptors (Lipinski definition) is 2. The van der Waals surface area contributed by atoms with Gasteiger partial charge in [-0.05, 0) is 37.3 Å². The van der Waals surface area contributed by atoms with Gasteiger partial charge in [0.15, 0.2) is 5.96 Å². The van der Waals surface area contributed by atoms with E-state index in [-0.39, 0.29) is 35.9 Å². The molecule has 2 heterocycles. The van der Waals surface area contributed by atoms with E-state index >= 15 is 0 Å². The molecule has 1 aliphatic rings. The molecule has 7 heteroatoms. The average molecular weight is 483 g/mol. The summed E-state index contributed by atoms with van der Waals surface area (Å²) in [5.41, 5.74) is 3.91. The number of benzene rings is 1. The first-order chi connectivity index (χ1) is 12.7. The number of nitrogens with one attached hydrogen (secondary N) is 4. The fourth-order valence-corrected chi connectivity index (χ4v) is 3.43. The number of rotatable bonds is 6. The fraction of sp³-hybridized carbons (Fsp3) is 0.500. The Morgan fingerprint density at radius 2 is 2.15 bits per heavy atom. The van der Waals surface area contributed by atoms with E-state index in [4.69, 9.17) is 4.99 Å². The van der Waals surface area contributed by atoms with Crippen LogP contribution in [0.25, 0.3) is 10.9 Å². The van der Waals surface area contributed by atoms with Gasteiger partial charge in [0, 0.05) is 49.2 Å². The first kappa shape index (κ1) is 21.5. The van der Waals surface area contributed by atoms with E-state index in [0.717, 1.165) is 38.3 Å². The zero-order chi connectivity index (χ0) is 18.4. The van der Waals surface area contributed by atoms with E-state index in [1.54, 1.807) is 0 Å². The first-order valence-corrected chi connectivity index (χ1v) is 9.60. The largest absolute Gasteiger partial charge is 0.361 e. The fourth-order valence-electron chi connectivity index (χ4n) is 3.43. The zero-order valence-electron chi connectivity index (χ0n) is 16.1. The highest BCUT2D eigenvalue weighted by molar-refractivity contribution is 14.0. The first-order valence-electron chi connectivity index (χ1n) is 9.60. The highest BCUT2D eigenvalue weighted by Crippen LogP contribution is 2.22. The number of aromatic amines is 1. The molecule has 0 aliphatic carbocycles. The van der Waals surface area contributed by atoms with E-state index in [9.17, 15) is 4.79 Å². The Morgan fingerprint density at radius 1 is 1.30 bits per heavy atom. The number of guanidine groups is 1. The van der Waals surface area contributed by atoms with Crippen LogP contribution in [0.5, 0.6) is 0 Å². The van der Waals surface area contributed by atoms with E-state index in [0.29, 0.717) is 13.0 Å². The summed E-state index contributed by atoms with van der Waals surface area (Å²) >= 11 is 0. The van der Waals surface area contributed by atoms with Gasteiger partial charge in [-0.25, -0.2) is 0 Å². The quantitative estimate of drug-likeness (QED) is 0.290. The topological polar surface area (TPSA) is 81.3 Å². The number of H-pyrrole nitrogens is 1. The highest BCUT2D eigenvalue weighted by Gasteiger charge is 2.18. The minimum atomic E-state index is 0. The van der Waals surface area contributed by atoms with Crippen LogP contribution >= 0.6 is 24.0 Å². The van der Waals surface area contributed by atoms with Gasteiger partial charge in [0.05, 0.1) is 0 Å². The zero-order valence-corrected chi connectivity index (χ0v) is 18.4. The lowest BCUT2D eigenvalue weighted by Crippen LogP contribution is -2.51. The number of aromatic nitrogens is 1. The van der Waals surface area contributed by atoms with Gasteiger partial charge in [-0.15, -0.1) is 24.0 Å². The van der Waals surface area contributed by atoms with E-state index in [1.165, 1.54) is 22.0 Å². The number of fused-ring (bicyclic) bond motifs is 1. The SMILES string of the molecule is CCNC(=NCCc1c[nH]c2c(CC)cccc12)NC1CCC(=O)NC1.I. The number of carbonyl (C=O) groups excluding carboxylic acids is 1. The van der Waals surface area contributed by atoms with E-state index in [1.807, 2.05) is 0 Å². The maximum atomic E-state index is 11.3. The lowest BCUT2D eigenvalue weighted by atomic mass is 10.1. The molecule has 27 heavy (non-hydrogen) atoms. The van der Waals surface area contributed by atoms with Crippen LogP contribution in [-0.4, -0.2) is 42.5 Å². The number of amides is 1. The Bertz CT molecular complexity index is 776. The predicted molar refractivity (Wildman–Crippen MR) is 122 cm³/mol. The number of hydrogen-bond donors (Lipinski definition) is 4. The molecule has 0 saturated carbocycles. The van der Waals surface area contributed by atoms with Crippen molar-refractivity contribution in [1.82, 2.24) is 20.9 Å². The van der Waals surface area contributed by atoms with Crippen molar-refractivity contribution in [2.45, 2.75) is 45.6 Å². The van der Waals surface area contributed by atoms with Gasteiger partial charge in [-0.1, -0.05) is 25.1 Å². The number of aryl methyl sites for hydroxylation is 1. The number of nitrogens with zero attached hydrogens (tertiary/aromatic N) is 1. The van der Waals surface area contributed by atoms with Crippen LogP contribution in [0.2, 0.25) is 0 Å². The molecule has 3 rings (SSSR count). The Hall–Kier alpha value is -1.77. The highest BCUT2D eigenvalue weighted by atomic mass is 127. The molecule has 1 unspecified atom stereocenters. The van der Waals surface area contributed by atoms with Crippen LogP contribution in [0.3, 0.4) is 0 Å². The molecule has 2 aromatic rings. The molecule has 4 N–H and O–H groups in total. The average Bonchev–Trinajstić information content (AvgIpc) is 3.07. The molecule has 1 fully saturated rings. The van der Waals surface area contributed by atoms with Gasteiger partial charge in [-0.2, -0.15) is 0 Å². The lowest BCUT2D eigenvalue weighted by molar-refractivity contribution is -0.122. The van der Waals surface area contributed by atoms with E-state index < -0.39 is 0 Å². The smallest absolute Gasteiger partial charge is 0.220 e. The van der Waals surface area contributed by atoms with Crippen molar-refractivity contribution in [3.63, 3.8) is 0 Å². The summed E-state index contributed by atoms with van der Waals surface area (Å²) in [5.74, 6) is 0.957. The molecule has 0 spiro atoms. The molecule has 1 aromatic carbocycles. The maximum absolute atomic E-state index is 11.3. The van der Waals surface area contributed by atoms with Crippen LogP contribution in [0, 0.1) is 0 Å². The molecule has 148 valence electrons. The monoisotopic (exact) mass is 483 g/mol. The minimum Gasteiger partial charge on any atom is -0.361 e. The molecule has 1 aliphatic heterocycles. The maximum Gasteiger partial charge on any atom is 0.220 e. The van der Waals surface area contributed by atoms with Gasteiger partial charge in [0.2, 0.25) is 5.91 Å². The third-order valence-corrected chi connectivity index (χ3v) is 4.87. The summed E-state index contributed by atoms with van der Waals surface area (Å²) in [6.07, 6.45) is 5.45. The minimum absolute atomic E-state index is 0. The van der Waals surface area contributed by atoms with Crippen molar-refractivity contribution in [3.8, 4) is 0 Å². The molecular weight excluding hydrogens is 453 g/mol. The van der Waals surface area contributed by atoms with Crippen LogP contribution in [0.1, 0.15) is 37.8 Å². The van der Waals surface area contributed by atoms with Gasteiger partial charge < -0.3 is 20.9 Å². The summed E-state index contributed by atoms with van der Waals surface area (Å²) < 4.78 is 0. The molecule has 1 aromatic heterocycles. The standard InChI is InChI=1S/C20H29N5O.HI/c1-3-14-6-5-7-17-15(12-24-19(14)17)10-11-22-20(21-4-2)25-16-8-9-18(26)23-13-16;/h5-7,12,16,24H,3-4,8-11,13H2,1-2H3,(H,23,26)(H2,21,22,25);1H. The molecule has 1 atom stereocenters. The van der Waals surface area contributed by atoms with Crippen molar-refractivity contribution in [2.24, 2.45) is 4.99 Å². The Morgan fingerprint density at radius 3 is 2.85 bits per heavy atom. The Balaban J connectivity index is 0.00000261. The van der Waals surface area contributed by atoms with Gasteiger partial charge in [0.25, 0.3) is 0 Å². The van der Waals surface area contributed by atoms with Gasteiger partial charge in [-0.3, -0.25) is 9.79 Å². The van der Waals surface area contributed by atoms with Crippen molar-refractivity contribution < 1.29 is 4.79 Å². The predicted octanol–water partition coefficient (Wildman–Crippen LogP) is 2.72. The second-order valence-corrected chi connectivity index (χ2v) is 6.70. The Labute approximate surface area is 178 Å². The van der Waals surface area contributed by atoms with Crippen LogP contribution in [-0.2, 0) is 17.6 Å². The summed E-state index contributed by atoms with van der Waals surface area (Å²) in [7, 11) is 0. The number of piperidine rings is 1. The normalized spacial score (nSPS) is 17.3. The van der Waals surface area contributed by atoms with E-state index in [2.05, 4.69) is 59.2 Å². The Kier molecular flexibility index (Phi) is 8.40. The number of halogens is 1. The third kappa shape index (κ3) is 5.60. The van der Waals surface area contributed by atoms with Crippen LogP contribution in [0.4, 0.5) is 0 Å². The molecule has 1 saturated heterocycles. The van der Waals surface area contributed by atoms with Crippen LogP contribution < -0.4 is 16.0 Å². The number of aliphatic imine (C=N–C) groups is 1. The van der Waals surface area contributed by atoms with Crippen molar-refractivity contribution in [3.05, 3.63) is 35.5 Å². The molecule has 0 radical (unpaired) electrons. The molecule has 0 bridgehead atoms. The molecule has 6 nitrogen and oxygen atoms in total. The second-order valence-electron chi connectivity index (χ2n) is 6.70. The van der Waals surface area contributed by atoms with Gasteiger partial charge in [0.1, 0.15) is 0 Å². The third-order valence-electron chi connectivity index (χ3n) is 4.87. The molecule has 1 amide bonds.